The van der Waals surface area contributed by atoms with Gasteiger partial charge >= 0.3 is 0 Å². The van der Waals surface area contributed by atoms with Gasteiger partial charge < -0.3 is 4.37 Å². The van der Waals surface area contributed by atoms with E-state index in [2.05, 4.69) is 29.5 Å². The molecule has 2 aromatic rings. The Hall–Kier alpha value is -0.760. The monoisotopic (exact) mass is 137 g/mol. The third-order valence-corrected chi connectivity index (χ3v) is 2.30. The SMILES string of the molecule is Cc1ccc2s[nH]c2c1. The van der Waals surface area contributed by atoms with Gasteiger partial charge in [0.05, 0.1) is 10.2 Å². The van der Waals surface area contributed by atoms with Crippen LogP contribution in [0.1, 0.15) is 5.56 Å². The first-order valence-corrected chi connectivity index (χ1v) is 3.71. The Balaban J connectivity index is 2.78. The fraction of sp³-hybridized carbons (Fsp3) is 0.143. The van der Waals surface area contributed by atoms with Gasteiger partial charge in [-0.15, -0.1) is 0 Å². The fourth-order valence-corrected chi connectivity index (χ4v) is 1.47. The van der Waals surface area contributed by atoms with Crippen LogP contribution in [0.25, 0.3) is 10.2 Å². The minimum Gasteiger partial charge on any atom is -0.309 e. The minimum absolute atomic E-state index is 1.28. The van der Waals surface area contributed by atoms with Crippen LogP contribution in [0.15, 0.2) is 18.2 Å². The first-order chi connectivity index (χ1) is 4.36. The van der Waals surface area contributed by atoms with Crippen LogP contribution in [-0.2, 0) is 0 Å². The van der Waals surface area contributed by atoms with E-state index in [0.29, 0.717) is 0 Å². The first kappa shape index (κ1) is 5.06. The Labute approximate surface area is 57.5 Å². The molecular weight excluding hydrogens is 130 g/mol. The van der Waals surface area contributed by atoms with Gasteiger partial charge in [-0.2, -0.15) is 0 Å². The van der Waals surface area contributed by atoms with Crippen molar-refractivity contribution in [3.8, 4) is 0 Å². The van der Waals surface area contributed by atoms with E-state index >= 15 is 0 Å². The highest BCUT2D eigenvalue weighted by Crippen LogP contribution is 2.20. The number of fused-ring (bicyclic) bond motifs is 1. The van der Waals surface area contributed by atoms with Crippen molar-refractivity contribution in [1.29, 1.82) is 0 Å². The highest BCUT2D eigenvalue weighted by molar-refractivity contribution is 7.15. The molecule has 2 rings (SSSR count). The Morgan fingerprint density at radius 2 is 2.33 bits per heavy atom. The summed E-state index contributed by atoms with van der Waals surface area (Å²) in [7, 11) is 0. The molecule has 1 aromatic heterocycles. The van der Waals surface area contributed by atoms with Gasteiger partial charge in [0.2, 0.25) is 0 Å². The molecule has 1 heterocycles. The number of aromatic nitrogens is 1. The molecule has 0 fully saturated rings. The molecule has 0 atom stereocenters. The Kier molecular flexibility index (Phi) is 0.904. The number of H-pyrrole nitrogens is 1. The van der Waals surface area contributed by atoms with Gasteiger partial charge in [0.15, 0.2) is 0 Å². The molecule has 0 bridgehead atoms. The second kappa shape index (κ2) is 1.61. The summed E-state index contributed by atoms with van der Waals surface area (Å²) in [6.45, 7) is 2.10. The van der Waals surface area contributed by atoms with Crippen LogP contribution in [0.5, 0.6) is 0 Å². The third kappa shape index (κ3) is 0.669. The molecule has 0 aliphatic rings. The van der Waals surface area contributed by atoms with E-state index < -0.39 is 0 Å². The average Bonchev–Trinajstić information content (AvgIpc) is 1.78. The first-order valence-electron chi connectivity index (χ1n) is 2.90. The van der Waals surface area contributed by atoms with E-state index in [9.17, 15) is 0 Å². The van der Waals surface area contributed by atoms with E-state index in [1.165, 1.54) is 15.8 Å². The van der Waals surface area contributed by atoms with Crippen LogP contribution < -0.4 is 0 Å². The third-order valence-electron chi connectivity index (χ3n) is 1.41. The number of benzene rings is 1. The lowest BCUT2D eigenvalue weighted by molar-refractivity contribution is 1.48. The molecule has 0 aliphatic carbocycles. The summed E-state index contributed by atoms with van der Waals surface area (Å²) in [5.74, 6) is 0. The fourth-order valence-electron chi connectivity index (χ4n) is 0.876. The minimum atomic E-state index is 1.28. The number of aryl methyl sites for hydroxylation is 1. The van der Waals surface area contributed by atoms with Gasteiger partial charge in [0.25, 0.3) is 0 Å². The van der Waals surface area contributed by atoms with Crippen molar-refractivity contribution in [1.82, 2.24) is 4.37 Å². The lowest BCUT2D eigenvalue weighted by Crippen LogP contribution is -1.78. The zero-order valence-corrected chi connectivity index (χ0v) is 5.96. The molecule has 46 valence electrons. The van der Waals surface area contributed by atoms with Gasteiger partial charge in [0.1, 0.15) is 0 Å². The molecule has 0 aliphatic heterocycles. The Bertz CT molecular complexity index is 318. The van der Waals surface area contributed by atoms with Crippen LogP contribution in [0, 0.1) is 6.92 Å². The van der Waals surface area contributed by atoms with Crippen LogP contribution in [0.3, 0.4) is 0 Å². The quantitative estimate of drug-likeness (QED) is 0.574. The molecule has 1 nitrogen and oxygen atoms in total. The van der Waals surface area contributed by atoms with Gasteiger partial charge in [-0.25, -0.2) is 0 Å². The Morgan fingerprint density at radius 1 is 1.44 bits per heavy atom. The summed E-state index contributed by atoms with van der Waals surface area (Å²) >= 11 is 1.69. The number of hydrogen-bond donors (Lipinski definition) is 1. The molecular formula is C7H7NS. The topological polar surface area (TPSA) is 15.8 Å². The maximum Gasteiger partial charge on any atom is 0.0684 e. The van der Waals surface area contributed by atoms with Crippen LogP contribution in [0.4, 0.5) is 0 Å². The summed E-state index contributed by atoms with van der Waals surface area (Å²) in [5.41, 5.74) is 2.60. The van der Waals surface area contributed by atoms with Gasteiger partial charge in [-0.3, -0.25) is 0 Å². The summed E-state index contributed by atoms with van der Waals surface area (Å²) in [6.07, 6.45) is 0. The zero-order valence-electron chi connectivity index (χ0n) is 5.14. The largest absolute Gasteiger partial charge is 0.309 e. The van der Waals surface area contributed by atoms with Crippen molar-refractivity contribution in [2.75, 3.05) is 0 Å². The van der Waals surface area contributed by atoms with E-state index in [-0.39, 0.29) is 0 Å². The second-order valence-corrected chi connectivity index (χ2v) is 3.05. The average molecular weight is 137 g/mol. The lowest BCUT2D eigenvalue weighted by atomic mass is 10.2. The summed E-state index contributed by atoms with van der Waals surface area (Å²) in [5, 5.41) is 0. The van der Waals surface area contributed by atoms with Crippen molar-refractivity contribution >= 4 is 21.7 Å². The maximum atomic E-state index is 3.15. The molecule has 0 radical (unpaired) electrons. The summed E-state index contributed by atoms with van der Waals surface area (Å²) in [4.78, 5) is 0. The smallest absolute Gasteiger partial charge is 0.0684 e. The molecule has 0 saturated carbocycles. The van der Waals surface area contributed by atoms with Crippen LogP contribution in [-0.4, -0.2) is 4.37 Å². The predicted molar refractivity (Wildman–Crippen MR) is 40.9 cm³/mol. The van der Waals surface area contributed by atoms with Crippen LogP contribution >= 0.6 is 11.5 Å². The van der Waals surface area contributed by atoms with Gasteiger partial charge in [-0.1, -0.05) is 17.6 Å². The molecule has 0 unspecified atom stereocenters. The van der Waals surface area contributed by atoms with Crippen molar-refractivity contribution < 1.29 is 0 Å². The summed E-state index contributed by atoms with van der Waals surface area (Å²) in [6, 6.07) is 6.43. The zero-order chi connectivity index (χ0) is 6.27. The standard InChI is InChI=1S/C7H7NS/c1-5-2-3-7-6(4-5)8-9-7/h2-4,8H,1H3. The number of nitrogens with one attached hydrogen (secondary N) is 1. The van der Waals surface area contributed by atoms with E-state index in [1.54, 1.807) is 11.5 Å². The second-order valence-electron chi connectivity index (χ2n) is 2.20. The molecule has 0 saturated heterocycles. The van der Waals surface area contributed by atoms with Crippen molar-refractivity contribution in [3.05, 3.63) is 23.8 Å². The molecule has 2 heteroatoms. The van der Waals surface area contributed by atoms with Crippen molar-refractivity contribution in [2.24, 2.45) is 0 Å². The van der Waals surface area contributed by atoms with Gasteiger partial charge in [-0.05, 0) is 24.6 Å². The summed E-state index contributed by atoms with van der Waals surface area (Å²) < 4.78 is 4.51. The van der Waals surface area contributed by atoms with Crippen LogP contribution in [0.2, 0.25) is 0 Å². The molecule has 9 heavy (non-hydrogen) atoms. The van der Waals surface area contributed by atoms with E-state index in [4.69, 9.17) is 0 Å². The predicted octanol–water partition coefficient (Wildman–Crippen LogP) is 2.54. The normalized spacial score (nSPS) is 10.8. The highest BCUT2D eigenvalue weighted by Gasteiger charge is 1.94. The maximum absolute atomic E-state index is 3.15. The van der Waals surface area contributed by atoms with E-state index in [0.717, 1.165) is 0 Å². The van der Waals surface area contributed by atoms with Gasteiger partial charge in [0, 0.05) is 0 Å². The van der Waals surface area contributed by atoms with E-state index in [1.807, 2.05) is 0 Å². The molecule has 1 N–H and O–H groups in total. The molecule has 0 amide bonds. The van der Waals surface area contributed by atoms with Crippen molar-refractivity contribution in [2.45, 2.75) is 6.92 Å². The molecule has 0 spiro atoms. The van der Waals surface area contributed by atoms with Crippen molar-refractivity contribution in [3.63, 3.8) is 0 Å². The number of rotatable bonds is 0. The number of aromatic amines is 1. The highest BCUT2D eigenvalue weighted by atomic mass is 32.1. The Morgan fingerprint density at radius 3 is 2.78 bits per heavy atom. The lowest BCUT2D eigenvalue weighted by Gasteiger charge is -1.99. The molecule has 1 aromatic carbocycles. The number of hydrogen-bond acceptors (Lipinski definition) is 1.